The third kappa shape index (κ3) is 27.4. The quantitative estimate of drug-likeness (QED) is 0.0507. The molecular formula is C56H92O8. The van der Waals surface area contributed by atoms with Crippen LogP contribution in [-0.2, 0) is 9.47 Å². The van der Waals surface area contributed by atoms with Gasteiger partial charge >= 0.3 is 0 Å². The van der Waals surface area contributed by atoms with E-state index in [-0.39, 0.29) is 11.6 Å². The summed E-state index contributed by atoms with van der Waals surface area (Å²) in [4.78, 5) is 26.3. The van der Waals surface area contributed by atoms with Crippen LogP contribution >= 0.6 is 0 Å². The molecule has 8 nitrogen and oxygen atoms in total. The molecule has 1 heterocycles. The van der Waals surface area contributed by atoms with E-state index in [0.29, 0.717) is 99.8 Å². The number of hydrogen-bond donors (Lipinski definition) is 0. The van der Waals surface area contributed by atoms with E-state index in [4.69, 9.17) is 28.4 Å². The predicted molar refractivity (Wildman–Crippen MR) is 264 cm³/mol. The molecule has 2 aromatic carbocycles. The molecule has 0 radical (unpaired) electrons. The molecule has 64 heavy (non-hydrogen) atoms. The third-order valence-electron chi connectivity index (χ3n) is 12.5. The molecule has 364 valence electrons. The molecule has 3 rings (SSSR count). The molecule has 0 bridgehead atoms. The summed E-state index contributed by atoms with van der Waals surface area (Å²) < 4.78 is 35.9. The van der Waals surface area contributed by atoms with E-state index in [2.05, 4.69) is 13.8 Å². The van der Waals surface area contributed by atoms with Crippen LogP contribution in [0.3, 0.4) is 0 Å². The standard InChI is InChI=1S/C56H92O8/c1-3-5-7-9-11-13-15-17-19-21-23-25-27-29-31-33-51(57)49-35-37-53-55(47-49)63-45-41-59-40-44-62-54-38-36-50(48-56(54)64-46-42-60-39-43-61-53)52(58)34-32-30-28-26-24-22-20-18-16-14-12-10-8-6-4-2/h35-38,47-48H,3-34,39-46H2,1-2H3. The monoisotopic (exact) mass is 893 g/mol. The first kappa shape index (κ1) is 55.2. The van der Waals surface area contributed by atoms with E-state index < -0.39 is 0 Å². The Kier molecular flexibility index (Phi) is 33.7. The van der Waals surface area contributed by atoms with Gasteiger partial charge in [0, 0.05) is 24.0 Å². The molecule has 0 saturated heterocycles. The summed E-state index contributed by atoms with van der Waals surface area (Å²) in [6.45, 7) is 7.19. The third-order valence-corrected chi connectivity index (χ3v) is 12.5. The van der Waals surface area contributed by atoms with Crippen molar-refractivity contribution in [2.45, 2.75) is 219 Å². The Morgan fingerprint density at radius 1 is 0.328 bits per heavy atom. The second-order valence-corrected chi connectivity index (χ2v) is 18.2. The maximum Gasteiger partial charge on any atom is 0.163 e. The van der Waals surface area contributed by atoms with Crippen molar-refractivity contribution in [2.24, 2.45) is 0 Å². The Bertz CT molecular complexity index is 1330. The first-order valence-electron chi connectivity index (χ1n) is 26.6. The zero-order valence-corrected chi connectivity index (χ0v) is 41.0. The molecule has 0 aliphatic carbocycles. The number of benzene rings is 2. The van der Waals surface area contributed by atoms with Gasteiger partial charge in [-0.25, -0.2) is 0 Å². The fraction of sp³-hybridized carbons (Fsp3) is 0.750. The van der Waals surface area contributed by atoms with Crippen LogP contribution in [-0.4, -0.2) is 64.4 Å². The lowest BCUT2D eigenvalue weighted by Gasteiger charge is -2.16. The number of hydrogen-bond acceptors (Lipinski definition) is 8. The number of unbranched alkanes of at least 4 members (excludes halogenated alkanes) is 28. The number of Topliss-reactive ketones (excluding diaryl/α,β-unsaturated/α-hetero) is 2. The summed E-state index contributed by atoms with van der Waals surface area (Å²) in [5.74, 6) is 2.48. The van der Waals surface area contributed by atoms with Crippen molar-refractivity contribution in [3.63, 3.8) is 0 Å². The van der Waals surface area contributed by atoms with Crippen molar-refractivity contribution in [1.82, 2.24) is 0 Å². The average Bonchev–Trinajstić information content (AvgIpc) is 3.31. The maximum atomic E-state index is 13.2. The van der Waals surface area contributed by atoms with E-state index in [1.165, 1.54) is 167 Å². The van der Waals surface area contributed by atoms with Crippen molar-refractivity contribution >= 4 is 11.6 Å². The van der Waals surface area contributed by atoms with Crippen molar-refractivity contribution in [3.8, 4) is 23.0 Å². The van der Waals surface area contributed by atoms with Gasteiger partial charge in [0.1, 0.15) is 26.4 Å². The first-order chi connectivity index (χ1) is 31.6. The number of fused-ring (bicyclic) bond motifs is 2. The van der Waals surface area contributed by atoms with E-state index in [9.17, 15) is 9.59 Å². The van der Waals surface area contributed by atoms with Gasteiger partial charge in [0.2, 0.25) is 0 Å². The van der Waals surface area contributed by atoms with Crippen LogP contribution in [0.4, 0.5) is 0 Å². The minimum absolute atomic E-state index is 0.134. The zero-order chi connectivity index (χ0) is 45.4. The van der Waals surface area contributed by atoms with Crippen LogP contribution in [0, 0.1) is 0 Å². The molecule has 0 spiro atoms. The summed E-state index contributed by atoms with van der Waals surface area (Å²) in [5.41, 5.74) is 1.29. The van der Waals surface area contributed by atoms with Crippen LogP contribution < -0.4 is 18.9 Å². The lowest BCUT2D eigenvalue weighted by atomic mass is 10.0. The van der Waals surface area contributed by atoms with Crippen LogP contribution in [0.25, 0.3) is 0 Å². The number of ketones is 2. The molecule has 0 amide bonds. The fourth-order valence-corrected chi connectivity index (χ4v) is 8.48. The highest BCUT2D eigenvalue weighted by Crippen LogP contribution is 2.31. The van der Waals surface area contributed by atoms with Crippen LogP contribution in [0.15, 0.2) is 36.4 Å². The van der Waals surface area contributed by atoms with Gasteiger partial charge in [-0.2, -0.15) is 0 Å². The zero-order valence-electron chi connectivity index (χ0n) is 41.0. The molecular weight excluding hydrogens is 801 g/mol. The maximum absolute atomic E-state index is 13.2. The number of carbonyl (C=O) groups excluding carboxylic acids is 2. The molecule has 2 aromatic rings. The number of rotatable bonds is 34. The summed E-state index contributed by atoms with van der Waals surface area (Å²) in [6.07, 6.45) is 40.2. The fourth-order valence-electron chi connectivity index (χ4n) is 8.48. The highest BCUT2D eigenvalue weighted by atomic mass is 16.6. The van der Waals surface area contributed by atoms with Gasteiger partial charge in [-0.3, -0.25) is 9.59 Å². The summed E-state index contributed by atoms with van der Waals surface area (Å²) in [6, 6.07) is 10.9. The lowest BCUT2D eigenvalue weighted by molar-refractivity contribution is 0.0639. The molecule has 0 unspecified atom stereocenters. The van der Waals surface area contributed by atoms with Crippen LogP contribution in [0.1, 0.15) is 240 Å². The highest BCUT2D eigenvalue weighted by molar-refractivity contribution is 5.97. The number of ether oxygens (including phenoxy) is 6. The van der Waals surface area contributed by atoms with E-state index in [1.54, 1.807) is 12.1 Å². The second kappa shape index (κ2) is 39.1. The van der Waals surface area contributed by atoms with Gasteiger partial charge in [-0.15, -0.1) is 0 Å². The minimum Gasteiger partial charge on any atom is -0.487 e. The molecule has 0 aromatic heterocycles. The Hall–Kier alpha value is -3.10. The molecule has 0 N–H and O–H groups in total. The van der Waals surface area contributed by atoms with Gasteiger partial charge in [-0.1, -0.05) is 194 Å². The van der Waals surface area contributed by atoms with Crippen molar-refractivity contribution in [3.05, 3.63) is 47.5 Å². The summed E-state index contributed by atoms with van der Waals surface area (Å²) in [7, 11) is 0. The number of carbonyl (C=O) groups is 2. The first-order valence-corrected chi connectivity index (χ1v) is 26.6. The van der Waals surface area contributed by atoms with E-state index in [1.807, 2.05) is 24.3 Å². The molecule has 1 aliphatic rings. The Morgan fingerprint density at radius 2 is 0.578 bits per heavy atom. The van der Waals surface area contributed by atoms with Gasteiger partial charge in [0.15, 0.2) is 34.6 Å². The normalized spacial score (nSPS) is 13.9. The van der Waals surface area contributed by atoms with Crippen molar-refractivity contribution in [1.29, 1.82) is 0 Å². The lowest BCUT2D eigenvalue weighted by Crippen LogP contribution is -2.16. The Morgan fingerprint density at radius 3 is 0.859 bits per heavy atom. The second-order valence-electron chi connectivity index (χ2n) is 18.2. The van der Waals surface area contributed by atoms with Gasteiger partial charge < -0.3 is 28.4 Å². The van der Waals surface area contributed by atoms with Crippen LogP contribution in [0.5, 0.6) is 23.0 Å². The predicted octanol–water partition coefficient (Wildman–Crippen LogP) is 15.8. The SMILES string of the molecule is CCCCCCCCCCCCCCCCCC(=O)c1ccc2c(c1)OCCOCCOc1ccc(C(=O)CCCCCCCCCCCCCCCCC)cc1OCCOCCO2. The highest BCUT2D eigenvalue weighted by Gasteiger charge is 2.15. The largest absolute Gasteiger partial charge is 0.487 e. The van der Waals surface area contributed by atoms with Crippen molar-refractivity contribution in [2.75, 3.05) is 52.9 Å². The van der Waals surface area contributed by atoms with Gasteiger partial charge in [0.05, 0.1) is 26.4 Å². The van der Waals surface area contributed by atoms with E-state index in [0.717, 1.165) is 25.7 Å². The van der Waals surface area contributed by atoms with Gasteiger partial charge in [-0.05, 0) is 49.2 Å². The van der Waals surface area contributed by atoms with Crippen LogP contribution in [0.2, 0.25) is 0 Å². The minimum atomic E-state index is 0.134. The Balaban J connectivity index is 1.31. The topological polar surface area (TPSA) is 89.5 Å². The van der Waals surface area contributed by atoms with E-state index >= 15 is 0 Å². The molecule has 8 heteroatoms. The molecule has 0 fully saturated rings. The summed E-state index contributed by atoms with van der Waals surface area (Å²) >= 11 is 0. The summed E-state index contributed by atoms with van der Waals surface area (Å²) in [5, 5.41) is 0. The smallest absolute Gasteiger partial charge is 0.163 e. The molecule has 0 atom stereocenters. The van der Waals surface area contributed by atoms with Crippen molar-refractivity contribution < 1.29 is 38.0 Å². The molecule has 0 saturated carbocycles. The molecule has 1 aliphatic heterocycles. The average molecular weight is 893 g/mol. The van der Waals surface area contributed by atoms with Gasteiger partial charge in [0.25, 0.3) is 0 Å². The Labute approximate surface area is 391 Å².